The molecule has 2 heterocycles. The maximum Gasteiger partial charge on any atom is 0.254 e. The second-order valence-corrected chi connectivity index (χ2v) is 5.97. The summed E-state index contributed by atoms with van der Waals surface area (Å²) in [5.74, 6) is 0.406. The maximum absolute atomic E-state index is 12.1. The van der Waals surface area contributed by atoms with Crippen molar-refractivity contribution in [2.75, 3.05) is 0 Å². The van der Waals surface area contributed by atoms with E-state index in [1.165, 1.54) is 36.1 Å². The van der Waals surface area contributed by atoms with Crippen molar-refractivity contribution in [3.63, 3.8) is 0 Å². The minimum absolute atomic E-state index is 0.000762. The van der Waals surface area contributed by atoms with E-state index in [2.05, 4.69) is 10.3 Å². The Kier molecular flexibility index (Phi) is 4.90. The number of hydrogen-bond donors (Lipinski definition) is 1. The number of carbonyl (C=O) groups is 1. The van der Waals surface area contributed by atoms with Crippen molar-refractivity contribution in [2.24, 2.45) is 0 Å². The molecule has 0 spiro atoms. The molecule has 2 aromatic heterocycles. The van der Waals surface area contributed by atoms with E-state index < -0.39 is 0 Å². The summed E-state index contributed by atoms with van der Waals surface area (Å²) in [5.41, 5.74) is 0.211. The fourth-order valence-electron chi connectivity index (χ4n) is 2.96. The second-order valence-electron chi connectivity index (χ2n) is 5.97. The van der Waals surface area contributed by atoms with Crippen molar-refractivity contribution in [3.05, 3.63) is 41.1 Å². The number of nitrogens with one attached hydrogen (secondary N) is 1. The van der Waals surface area contributed by atoms with Crippen LogP contribution in [0.25, 0.3) is 11.5 Å². The molecular formula is C17H21N3O3. The molecule has 1 amide bonds. The highest BCUT2D eigenvalue weighted by Gasteiger charge is 2.15. The first-order valence-corrected chi connectivity index (χ1v) is 8.12. The number of rotatable bonds is 4. The van der Waals surface area contributed by atoms with Gasteiger partial charge < -0.3 is 9.73 Å². The number of furan rings is 1. The zero-order chi connectivity index (χ0) is 16.1. The van der Waals surface area contributed by atoms with E-state index in [9.17, 15) is 9.59 Å². The topological polar surface area (TPSA) is 77.1 Å². The molecule has 6 nitrogen and oxygen atoms in total. The molecule has 0 radical (unpaired) electrons. The monoisotopic (exact) mass is 315 g/mol. The van der Waals surface area contributed by atoms with Gasteiger partial charge in [-0.05, 0) is 25.0 Å². The number of hydrogen-bond acceptors (Lipinski definition) is 4. The van der Waals surface area contributed by atoms with Gasteiger partial charge >= 0.3 is 0 Å². The first-order chi connectivity index (χ1) is 11.2. The molecule has 0 unspecified atom stereocenters. The fourth-order valence-corrected chi connectivity index (χ4v) is 2.96. The van der Waals surface area contributed by atoms with Crippen LogP contribution in [0, 0.1) is 0 Å². The van der Waals surface area contributed by atoms with Crippen LogP contribution in [0.1, 0.15) is 38.5 Å². The molecule has 1 fully saturated rings. The molecule has 6 heteroatoms. The van der Waals surface area contributed by atoms with E-state index in [0.29, 0.717) is 11.5 Å². The number of carbonyl (C=O) groups excluding carboxylic acids is 1. The third-order valence-electron chi connectivity index (χ3n) is 4.19. The van der Waals surface area contributed by atoms with Gasteiger partial charge in [0.2, 0.25) is 5.91 Å². The summed E-state index contributed by atoms with van der Waals surface area (Å²) in [7, 11) is 0. The SMILES string of the molecule is O=C(Cn1cnc(-c2ccco2)cc1=O)NC1CCCCCC1. The average Bonchev–Trinajstić information content (AvgIpc) is 2.95. The van der Waals surface area contributed by atoms with Crippen LogP contribution in [-0.2, 0) is 11.3 Å². The van der Waals surface area contributed by atoms with Gasteiger partial charge in [-0.15, -0.1) is 0 Å². The van der Waals surface area contributed by atoms with Crippen LogP contribution in [0.5, 0.6) is 0 Å². The molecule has 1 aliphatic carbocycles. The standard InChI is InChI=1S/C17H21N3O3/c21-16(19-13-6-3-1-2-4-7-13)11-20-12-18-14(10-17(20)22)15-8-5-9-23-15/h5,8-10,12-13H,1-4,6-7,11H2,(H,19,21). The summed E-state index contributed by atoms with van der Waals surface area (Å²) in [5, 5.41) is 3.03. The molecule has 0 saturated heterocycles. The molecule has 0 atom stereocenters. The molecule has 3 rings (SSSR count). The van der Waals surface area contributed by atoms with Gasteiger partial charge in [0.05, 0.1) is 12.6 Å². The van der Waals surface area contributed by atoms with E-state index in [0.717, 1.165) is 25.7 Å². The van der Waals surface area contributed by atoms with E-state index in [-0.39, 0.29) is 24.1 Å². The van der Waals surface area contributed by atoms with Crippen LogP contribution in [0.4, 0.5) is 0 Å². The maximum atomic E-state index is 12.1. The van der Waals surface area contributed by atoms with Crippen LogP contribution in [-0.4, -0.2) is 21.5 Å². The van der Waals surface area contributed by atoms with Crippen molar-refractivity contribution in [1.29, 1.82) is 0 Å². The minimum atomic E-state index is -0.262. The van der Waals surface area contributed by atoms with Crippen LogP contribution >= 0.6 is 0 Å². The number of nitrogens with zero attached hydrogens (tertiary/aromatic N) is 2. The largest absolute Gasteiger partial charge is 0.463 e. The smallest absolute Gasteiger partial charge is 0.254 e. The highest BCUT2D eigenvalue weighted by molar-refractivity contribution is 5.76. The van der Waals surface area contributed by atoms with E-state index in [4.69, 9.17) is 4.42 Å². The Hall–Kier alpha value is -2.37. The van der Waals surface area contributed by atoms with Crippen molar-refractivity contribution >= 4 is 5.91 Å². The van der Waals surface area contributed by atoms with Crippen molar-refractivity contribution in [2.45, 2.75) is 51.1 Å². The number of aromatic nitrogens is 2. The summed E-state index contributed by atoms with van der Waals surface area (Å²) >= 11 is 0. The third-order valence-corrected chi connectivity index (χ3v) is 4.19. The Bertz CT molecular complexity index is 698. The first-order valence-electron chi connectivity index (χ1n) is 8.12. The van der Waals surface area contributed by atoms with Crippen molar-refractivity contribution < 1.29 is 9.21 Å². The quantitative estimate of drug-likeness (QED) is 0.879. The second kappa shape index (κ2) is 7.26. The van der Waals surface area contributed by atoms with E-state index in [1.807, 2.05) is 0 Å². The zero-order valence-electron chi connectivity index (χ0n) is 13.0. The minimum Gasteiger partial charge on any atom is -0.463 e. The highest BCUT2D eigenvalue weighted by atomic mass is 16.3. The lowest BCUT2D eigenvalue weighted by Gasteiger charge is -2.16. The van der Waals surface area contributed by atoms with Gasteiger partial charge in [-0.25, -0.2) is 4.98 Å². The van der Waals surface area contributed by atoms with Gasteiger partial charge in [0.1, 0.15) is 12.2 Å². The Morgan fingerprint density at radius 1 is 1.30 bits per heavy atom. The summed E-state index contributed by atoms with van der Waals surface area (Å²) in [6.45, 7) is 0.000762. The summed E-state index contributed by atoms with van der Waals surface area (Å²) in [6.07, 6.45) is 9.77. The van der Waals surface area contributed by atoms with Gasteiger partial charge in [-0.1, -0.05) is 25.7 Å². The van der Waals surface area contributed by atoms with Crippen LogP contribution in [0.15, 0.2) is 40.0 Å². The molecule has 0 aromatic carbocycles. The lowest BCUT2D eigenvalue weighted by Crippen LogP contribution is -2.38. The Balaban J connectivity index is 1.63. The molecule has 23 heavy (non-hydrogen) atoms. The summed E-state index contributed by atoms with van der Waals surface area (Å²) in [4.78, 5) is 28.4. The van der Waals surface area contributed by atoms with Gasteiger partial charge in [0.15, 0.2) is 5.76 Å². The van der Waals surface area contributed by atoms with Crippen LogP contribution in [0.3, 0.4) is 0 Å². The van der Waals surface area contributed by atoms with Gasteiger partial charge in [0.25, 0.3) is 5.56 Å². The van der Waals surface area contributed by atoms with Gasteiger partial charge in [-0.2, -0.15) is 0 Å². The van der Waals surface area contributed by atoms with E-state index in [1.54, 1.807) is 12.1 Å². The molecule has 122 valence electrons. The Morgan fingerprint density at radius 2 is 2.09 bits per heavy atom. The third kappa shape index (κ3) is 4.09. The van der Waals surface area contributed by atoms with E-state index >= 15 is 0 Å². The van der Waals surface area contributed by atoms with Gasteiger partial charge in [-0.3, -0.25) is 14.2 Å². The lowest BCUT2D eigenvalue weighted by molar-refractivity contribution is -0.122. The molecule has 0 aliphatic heterocycles. The van der Waals surface area contributed by atoms with Crippen LogP contribution in [0.2, 0.25) is 0 Å². The fraction of sp³-hybridized carbons (Fsp3) is 0.471. The Morgan fingerprint density at radius 3 is 2.74 bits per heavy atom. The van der Waals surface area contributed by atoms with Crippen molar-refractivity contribution in [3.8, 4) is 11.5 Å². The van der Waals surface area contributed by atoms with Crippen molar-refractivity contribution in [1.82, 2.24) is 14.9 Å². The predicted molar refractivity (Wildman–Crippen MR) is 85.8 cm³/mol. The molecule has 0 bridgehead atoms. The average molecular weight is 315 g/mol. The van der Waals surface area contributed by atoms with Crippen LogP contribution < -0.4 is 10.9 Å². The lowest BCUT2D eigenvalue weighted by atomic mass is 10.1. The molecular weight excluding hydrogens is 294 g/mol. The normalized spacial score (nSPS) is 16.0. The molecule has 1 N–H and O–H groups in total. The molecule has 1 aliphatic rings. The number of amides is 1. The summed E-state index contributed by atoms with van der Waals surface area (Å²) in [6, 6.07) is 5.10. The zero-order valence-corrected chi connectivity index (χ0v) is 13.0. The van der Waals surface area contributed by atoms with Gasteiger partial charge in [0, 0.05) is 12.1 Å². The highest BCUT2D eigenvalue weighted by Crippen LogP contribution is 2.17. The predicted octanol–water partition coefficient (Wildman–Crippen LogP) is 2.34. The molecule has 2 aromatic rings. The first kappa shape index (κ1) is 15.5. The summed E-state index contributed by atoms with van der Waals surface area (Å²) < 4.78 is 6.54. The molecule has 1 saturated carbocycles. The Labute approximate surface area is 134 Å².